The zero-order valence-electron chi connectivity index (χ0n) is 14.1. The number of ether oxygens (including phenoxy) is 2. The lowest BCUT2D eigenvalue weighted by atomic mass is 10.2. The van der Waals surface area contributed by atoms with Gasteiger partial charge >= 0.3 is 0 Å². The molecule has 8 heteroatoms. The first kappa shape index (κ1) is 20.5. The van der Waals surface area contributed by atoms with E-state index in [1.165, 1.54) is 12.1 Å². The number of hydrogen-bond donors (Lipinski definition) is 2. The van der Waals surface area contributed by atoms with Crippen LogP contribution in [0, 0.1) is 0 Å². The first-order valence-corrected chi connectivity index (χ1v) is 9.03. The number of nitrogens with one attached hydrogen (secondary N) is 2. The molecule has 0 unspecified atom stereocenters. The highest BCUT2D eigenvalue weighted by molar-refractivity contribution is 7.80. The third-order valence-electron chi connectivity index (χ3n) is 3.14. The van der Waals surface area contributed by atoms with E-state index < -0.39 is 5.91 Å². The van der Waals surface area contributed by atoms with Crippen molar-refractivity contribution in [2.24, 2.45) is 0 Å². The van der Waals surface area contributed by atoms with Gasteiger partial charge in [-0.2, -0.15) is 0 Å². The summed E-state index contributed by atoms with van der Waals surface area (Å²) in [7, 11) is 0. The summed E-state index contributed by atoms with van der Waals surface area (Å²) in [5.74, 6) is 0.265. The topological polar surface area (TPSA) is 59.6 Å². The Labute approximate surface area is 167 Å². The molecule has 2 aromatic carbocycles. The standard InChI is InChI=1S/C18H18Cl2N2O3S/c1-2-24-6-7-25-16-5-3-4-15(11-16)21-18(26)22-17(23)12-8-13(19)10-14(20)9-12/h3-5,8-11H,2,6-7H2,1H3,(H2,21,22,23,26). The first-order valence-electron chi connectivity index (χ1n) is 7.87. The lowest BCUT2D eigenvalue weighted by molar-refractivity contribution is 0.0977. The van der Waals surface area contributed by atoms with Crippen LogP contribution < -0.4 is 15.4 Å². The maximum absolute atomic E-state index is 12.2. The highest BCUT2D eigenvalue weighted by atomic mass is 35.5. The van der Waals surface area contributed by atoms with Crippen LogP contribution in [0.4, 0.5) is 5.69 Å². The molecule has 0 bridgehead atoms. The van der Waals surface area contributed by atoms with Gasteiger partial charge in [0.25, 0.3) is 5.91 Å². The Balaban J connectivity index is 1.91. The highest BCUT2D eigenvalue weighted by Gasteiger charge is 2.10. The number of halogens is 2. The maximum atomic E-state index is 12.2. The molecule has 2 rings (SSSR count). The predicted molar refractivity (Wildman–Crippen MR) is 109 cm³/mol. The summed E-state index contributed by atoms with van der Waals surface area (Å²) < 4.78 is 10.8. The second-order valence-corrected chi connectivity index (χ2v) is 6.42. The van der Waals surface area contributed by atoms with Crippen LogP contribution in [0.2, 0.25) is 10.0 Å². The van der Waals surface area contributed by atoms with Crippen molar-refractivity contribution in [2.75, 3.05) is 25.1 Å². The Kier molecular flexibility index (Phi) is 8.12. The van der Waals surface area contributed by atoms with Crippen LogP contribution in [0.3, 0.4) is 0 Å². The smallest absolute Gasteiger partial charge is 0.257 e. The van der Waals surface area contributed by atoms with Crippen molar-refractivity contribution in [1.82, 2.24) is 5.32 Å². The van der Waals surface area contributed by atoms with Gasteiger partial charge in [0, 0.05) is 34.0 Å². The van der Waals surface area contributed by atoms with E-state index in [4.69, 9.17) is 44.9 Å². The number of carbonyl (C=O) groups excluding carboxylic acids is 1. The normalized spacial score (nSPS) is 10.3. The molecule has 138 valence electrons. The molecule has 0 heterocycles. The van der Waals surface area contributed by atoms with E-state index in [-0.39, 0.29) is 5.11 Å². The Bertz CT molecular complexity index is 767. The summed E-state index contributed by atoms with van der Waals surface area (Å²) in [5.41, 5.74) is 1.01. The van der Waals surface area contributed by atoms with Crippen LogP contribution in [-0.2, 0) is 4.74 Å². The molecule has 0 fully saturated rings. The monoisotopic (exact) mass is 412 g/mol. The van der Waals surface area contributed by atoms with Gasteiger partial charge in [-0.25, -0.2) is 0 Å². The van der Waals surface area contributed by atoms with Crippen LogP contribution in [0.25, 0.3) is 0 Å². The predicted octanol–water partition coefficient (Wildman–Crippen LogP) is 4.54. The Morgan fingerprint density at radius 2 is 1.85 bits per heavy atom. The van der Waals surface area contributed by atoms with E-state index in [1.807, 2.05) is 25.1 Å². The van der Waals surface area contributed by atoms with Crippen molar-refractivity contribution in [2.45, 2.75) is 6.92 Å². The van der Waals surface area contributed by atoms with E-state index in [2.05, 4.69) is 10.6 Å². The summed E-state index contributed by atoms with van der Waals surface area (Å²) in [5, 5.41) is 6.42. The minimum Gasteiger partial charge on any atom is -0.491 e. The lowest BCUT2D eigenvalue weighted by Gasteiger charge is -2.12. The molecular formula is C18H18Cl2N2O3S. The fourth-order valence-electron chi connectivity index (χ4n) is 2.05. The molecule has 0 atom stereocenters. The van der Waals surface area contributed by atoms with Crippen molar-refractivity contribution >= 4 is 52.1 Å². The number of anilines is 1. The van der Waals surface area contributed by atoms with Crippen LogP contribution in [0.5, 0.6) is 5.75 Å². The lowest BCUT2D eigenvalue weighted by Crippen LogP contribution is -2.34. The van der Waals surface area contributed by atoms with Gasteiger partial charge in [0.1, 0.15) is 12.4 Å². The average molecular weight is 413 g/mol. The average Bonchev–Trinajstić information content (AvgIpc) is 2.58. The van der Waals surface area contributed by atoms with Gasteiger partial charge in [-0.15, -0.1) is 0 Å². The number of rotatable bonds is 7. The molecule has 0 aliphatic carbocycles. The van der Waals surface area contributed by atoms with Gasteiger partial charge in [-0.1, -0.05) is 29.3 Å². The van der Waals surface area contributed by atoms with E-state index >= 15 is 0 Å². The van der Waals surface area contributed by atoms with Gasteiger partial charge in [0.2, 0.25) is 0 Å². The molecule has 0 spiro atoms. The van der Waals surface area contributed by atoms with Crippen LogP contribution in [-0.4, -0.2) is 30.8 Å². The third-order valence-corrected chi connectivity index (χ3v) is 3.78. The summed E-state index contributed by atoms with van der Waals surface area (Å²) in [6.07, 6.45) is 0. The summed E-state index contributed by atoms with van der Waals surface area (Å²) in [6.45, 7) is 3.55. The second-order valence-electron chi connectivity index (χ2n) is 5.14. The summed E-state index contributed by atoms with van der Waals surface area (Å²) in [6, 6.07) is 11.8. The van der Waals surface area contributed by atoms with Crippen molar-refractivity contribution in [3.05, 3.63) is 58.1 Å². The summed E-state index contributed by atoms with van der Waals surface area (Å²) >= 11 is 17.0. The maximum Gasteiger partial charge on any atom is 0.257 e. The van der Waals surface area contributed by atoms with Crippen molar-refractivity contribution in [3.8, 4) is 5.75 Å². The molecular weight excluding hydrogens is 395 g/mol. The molecule has 0 radical (unpaired) electrons. The highest BCUT2D eigenvalue weighted by Crippen LogP contribution is 2.19. The molecule has 2 aromatic rings. The first-order chi connectivity index (χ1) is 12.5. The van der Waals surface area contributed by atoms with Gasteiger partial charge in [0.15, 0.2) is 5.11 Å². The molecule has 0 saturated carbocycles. The molecule has 1 amide bonds. The fourth-order valence-corrected chi connectivity index (χ4v) is 2.79. The van der Waals surface area contributed by atoms with E-state index in [0.717, 1.165) is 0 Å². The minimum atomic E-state index is -0.406. The van der Waals surface area contributed by atoms with E-state index in [1.54, 1.807) is 12.1 Å². The Hall–Kier alpha value is -1.86. The minimum absolute atomic E-state index is 0.151. The van der Waals surface area contributed by atoms with E-state index in [0.29, 0.717) is 46.9 Å². The van der Waals surface area contributed by atoms with E-state index in [9.17, 15) is 4.79 Å². The van der Waals surface area contributed by atoms with Crippen molar-refractivity contribution in [1.29, 1.82) is 0 Å². The molecule has 0 aromatic heterocycles. The number of benzene rings is 2. The number of thiocarbonyl (C=S) groups is 1. The van der Waals surface area contributed by atoms with Gasteiger partial charge in [-0.05, 0) is 49.5 Å². The molecule has 26 heavy (non-hydrogen) atoms. The van der Waals surface area contributed by atoms with Crippen molar-refractivity contribution < 1.29 is 14.3 Å². The Morgan fingerprint density at radius 3 is 2.54 bits per heavy atom. The number of carbonyl (C=O) groups is 1. The zero-order valence-corrected chi connectivity index (χ0v) is 16.4. The summed E-state index contributed by atoms with van der Waals surface area (Å²) in [4.78, 5) is 12.2. The largest absolute Gasteiger partial charge is 0.491 e. The van der Waals surface area contributed by atoms with Crippen molar-refractivity contribution in [3.63, 3.8) is 0 Å². The molecule has 2 N–H and O–H groups in total. The van der Waals surface area contributed by atoms with Gasteiger partial charge < -0.3 is 14.8 Å². The van der Waals surface area contributed by atoms with Gasteiger partial charge in [-0.3, -0.25) is 10.1 Å². The quantitative estimate of drug-likeness (QED) is 0.516. The molecule has 0 aliphatic rings. The molecule has 0 saturated heterocycles. The zero-order chi connectivity index (χ0) is 18.9. The third kappa shape index (κ3) is 6.80. The number of amides is 1. The fraction of sp³-hybridized carbons (Fsp3) is 0.222. The van der Waals surface area contributed by atoms with Crippen LogP contribution in [0.15, 0.2) is 42.5 Å². The number of hydrogen-bond acceptors (Lipinski definition) is 4. The molecule has 0 aliphatic heterocycles. The molecule has 5 nitrogen and oxygen atoms in total. The second kappa shape index (κ2) is 10.3. The SMILES string of the molecule is CCOCCOc1cccc(NC(=S)NC(=O)c2cc(Cl)cc(Cl)c2)c1. The Morgan fingerprint density at radius 1 is 1.12 bits per heavy atom. The van der Waals surface area contributed by atoms with Gasteiger partial charge in [0.05, 0.1) is 6.61 Å². The van der Waals surface area contributed by atoms with Crippen LogP contribution >= 0.6 is 35.4 Å². The van der Waals surface area contributed by atoms with Crippen LogP contribution in [0.1, 0.15) is 17.3 Å².